The highest BCUT2D eigenvalue weighted by Gasteiger charge is 2.29. The molecule has 570 valence electrons. The minimum absolute atomic E-state index is 0.0661. The zero-order chi connectivity index (χ0) is 76.7. The number of hydrogen-bond acceptors (Lipinski definition) is 23. The normalized spacial score (nSPS) is 15.4. The van der Waals surface area contributed by atoms with Crippen molar-refractivity contribution in [1.82, 2.24) is 30.2 Å². The largest absolute Gasteiger partial charge is 0.444 e. The van der Waals surface area contributed by atoms with Gasteiger partial charge >= 0.3 is 6.09 Å². The van der Waals surface area contributed by atoms with Crippen molar-refractivity contribution in [3.8, 4) is 33.8 Å². The number of aryl methyl sites for hydroxylation is 2. The van der Waals surface area contributed by atoms with Gasteiger partial charge in [0.15, 0.2) is 0 Å². The maximum Gasteiger partial charge on any atom is 0.407 e. The molecule has 17 rings (SSSR count). The van der Waals surface area contributed by atoms with Gasteiger partial charge in [0.2, 0.25) is 16.7 Å². The van der Waals surface area contributed by atoms with Crippen molar-refractivity contribution in [2.24, 2.45) is 5.73 Å². The van der Waals surface area contributed by atoms with Crippen molar-refractivity contribution >= 4 is 111 Å². The quantitative estimate of drug-likeness (QED) is 0.0443. The van der Waals surface area contributed by atoms with Crippen LogP contribution in [0.5, 0.6) is 0 Å². The molecule has 27 heteroatoms. The minimum Gasteiger partial charge on any atom is -0.444 e. The van der Waals surface area contributed by atoms with Crippen LogP contribution < -0.4 is 58.8 Å². The number of alkyl carbamates (subject to hydrolysis) is 1. The molecule has 6 aliphatic rings. The highest BCUT2D eigenvalue weighted by molar-refractivity contribution is 8.06. The number of anilines is 6. The lowest BCUT2D eigenvalue weighted by atomic mass is 10.1. The molecule has 6 aromatic carbocycles. The number of hydrogen-bond donors (Lipinski definition) is 8. The maximum absolute atomic E-state index is 12.7. The summed E-state index contributed by atoms with van der Waals surface area (Å²) in [5.74, 6) is 0. The fourth-order valence-electron chi connectivity index (χ4n) is 13.6. The molecular weight excluding hydrogens is 1510 g/mol. The highest BCUT2D eigenvalue weighted by atomic mass is 32.2. The van der Waals surface area contributed by atoms with E-state index in [-0.39, 0.29) is 28.8 Å². The summed E-state index contributed by atoms with van der Waals surface area (Å²) in [5, 5.41) is 10.0. The second-order valence-corrected chi connectivity index (χ2v) is 34.5. The third-order valence-corrected chi connectivity index (χ3v) is 26.7. The molecule has 11 aromatic rings. The minimum atomic E-state index is -0.584. The third-order valence-electron chi connectivity index (χ3n) is 18.9. The predicted octanol–water partition coefficient (Wildman–Crippen LogP) is 16.3. The number of fused-ring (bicyclic) bond motifs is 6. The van der Waals surface area contributed by atoms with E-state index in [2.05, 4.69) is 154 Å². The van der Waals surface area contributed by atoms with Crippen LogP contribution in [0.4, 0.5) is 38.9 Å². The lowest BCUT2D eigenvalue weighted by molar-refractivity contribution is 0.0525. The van der Waals surface area contributed by atoms with Gasteiger partial charge in [-0.25, -0.2) is 4.79 Å². The van der Waals surface area contributed by atoms with Crippen molar-refractivity contribution in [1.29, 1.82) is 0 Å². The Morgan fingerprint density at radius 2 is 0.829 bits per heavy atom. The molecule has 111 heavy (non-hydrogen) atoms. The van der Waals surface area contributed by atoms with Crippen LogP contribution in [0.15, 0.2) is 255 Å². The van der Waals surface area contributed by atoms with Crippen LogP contribution in [0.2, 0.25) is 0 Å². The molecule has 0 aliphatic carbocycles. The first-order valence-corrected chi connectivity index (χ1v) is 41.7. The molecular formula is C84H85N13O8S6. The first kappa shape index (κ1) is 76.8. The summed E-state index contributed by atoms with van der Waals surface area (Å²) in [6, 6.07) is 60.3. The van der Waals surface area contributed by atoms with Crippen molar-refractivity contribution in [3.63, 3.8) is 0 Å². The van der Waals surface area contributed by atoms with Crippen molar-refractivity contribution < 1.29 is 23.7 Å². The SMILES string of the molecule is Cc1cccc(C(CN)Nc2ccc3c(c2)Sc2cccc(-c4cc(N5CCOCC5)cc(=O)[nH]4)c2S3)n1.Cc1cccc(C(CNC(=O)OC(C)(C)C)Nc2ccc3c(c2)Sc2cccc(-c4cc(N5CCOCC5)cc(=O)[nH]4)c2S3)n1.Nc1ccc2c(c1)Sc1cccc(-c3cc(N4CCOCC4)cc(=O)[nH]3)c1S2. The topological polar surface area (TPSA) is 276 Å². The molecule has 3 fully saturated rings. The fraction of sp³-hybridized carbons (Fsp3) is 0.262. The average Bonchev–Trinajstić information content (AvgIpc) is 0.778. The van der Waals surface area contributed by atoms with E-state index in [1.807, 2.05) is 95.3 Å². The molecule has 0 saturated carbocycles. The van der Waals surface area contributed by atoms with Crippen molar-refractivity contribution in [2.75, 3.05) is 123 Å². The highest BCUT2D eigenvalue weighted by Crippen LogP contribution is 2.55. The van der Waals surface area contributed by atoms with E-state index in [0.717, 1.165) is 154 Å². The molecule has 3 saturated heterocycles. The van der Waals surface area contributed by atoms with Gasteiger partial charge in [0.1, 0.15) is 5.60 Å². The number of morpholine rings is 3. The van der Waals surface area contributed by atoms with E-state index in [9.17, 15) is 19.2 Å². The number of nitrogens with two attached hydrogens (primary N) is 2. The van der Waals surface area contributed by atoms with Crippen LogP contribution in [0.3, 0.4) is 0 Å². The van der Waals surface area contributed by atoms with E-state index >= 15 is 0 Å². The van der Waals surface area contributed by atoms with E-state index in [0.29, 0.717) is 52.7 Å². The molecule has 6 aliphatic heterocycles. The Morgan fingerprint density at radius 3 is 1.22 bits per heavy atom. The molecule has 0 radical (unpaired) electrons. The number of H-pyrrole nitrogens is 3. The first-order valence-electron chi connectivity index (χ1n) is 36.8. The van der Waals surface area contributed by atoms with Crippen LogP contribution in [-0.4, -0.2) is 129 Å². The third kappa shape index (κ3) is 18.8. The Bertz CT molecular complexity index is 5450. The van der Waals surface area contributed by atoms with Gasteiger partial charge in [-0.05, 0) is 150 Å². The van der Waals surface area contributed by atoms with Gasteiger partial charge in [-0.2, -0.15) is 0 Å². The van der Waals surface area contributed by atoms with Gasteiger partial charge in [0, 0.05) is 192 Å². The predicted molar refractivity (Wildman–Crippen MR) is 449 cm³/mol. The van der Waals surface area contributed by atoms with Gasteiger partial charge in [-0.3, -0.25) is 24.4 Å². The van der Waals surface area contributed by atoms with Crippen molar-refractivity contribution in [3.05, 3.63) is 236 Å². The Hall–Kier alpha value is -9.52. The summed E-state index contributed by atoms with van der Waals surface area (Å²) in [6.07, 6.45) is -0.469. The van der Waals surface area contributed by atoms with Gasteiger partial charge in [-0.1, -0.05) is 119 Å². The Morgan fingerprint density at radius 1 is 0.459 bits per heavy atom. The van der Waals surface area contributed by atoms with Crippen LogP contribution in [0, 0.1) is 13.8 Å². The lowest BCUT2D eigenvalue weighted by Gasteiger charge is -2.29. The monoisotopic (exact) mass is 1600 g/mol. The number of rotatable bonds is 15. The summed E-state index contributed by atoms with van der Waals surface area (Å²) < 4.78 is 21.9. The number of aromatic nitrogens is 5. The fourth-order valence-corrected chi connectivity index (χ4v) is 20.8. The Kier molecular flexibility index (Phi) is 24.0. The van der Waals surface area contributed by atoms with E-state index in [4.69, 9.17) is 35.4 Å². The summed E-state index contributed by atoms with van der Waals surface area (Å²) in [5.41, 5.74) is 25.9. The zero-order valence-corrected chi connectivity index (χ0v) is 66.9. The number of ether oxygens (including phenoxy) is 4. The van der Waals surface area contributed by atoms with Crippen LogP contribution in [0.25, 0.3) is 33.8 Å². The summed E-state index contributed by atoms with van der Waals surface area (Å²) in [6.45, 7) is 19.0. The second kappa shape index (κ2) is 34.6. The molecule has 21 nitrogen and oxygen atoms in total. The number of nitrogens with one attached hydrogen (secondary N) is 6. The van der Waals surface area contributed by atoms with E-state index in [1.54, 1.807) is 88.8 Å². The number of carbonyl (C=O) groups excluding carboxylic acids is 1. The molecule has 5 aromatic heterocycles. The number of pyridine rings is 5. The van der Waals surface area contributed by atoms with E-state index < -0.39 is 11.7 Å². The summed E-state index contributed by atoms with van der Waals surface area (Å²) >= 11 is 10.4. The maximum atomic E-state index is 12.7. The number of nitrogen functional groups attached to an aromatic ring is 1. The van der Waals surface area contributed by atoms with Crippen molar-refractivity contribution in [2.45, 2.75) is 111 Å². The van der Waals surface area contributed by atoms with Crippen LogP contribution in [0.1, 0.15) is 55.6 Å². The molecule has 2 atom stereocenters. The number of benzene rings is 6. The number of carbonyl (C=O) groups is 1. The summed E-state index contributed by atoms with van der Waals surface area (Å²) in [7, 11) is 0. The average molecular weight is 1600 g/mol. The first-order chi connectivity index (χ1) is 53.8. The molecule has 0 bridgehead atoms. The standard InChI is InChI=1S/C34H37N5O4S2.C29H29N5O2S2.C21H19N3O2S2/c1-21-7-5-9-25(36-21)27(20-35-33(41)43-34(2,3)4)37-22-11-12-28-30(17-22)44-29-10-6-8-24(32(29)45-28)26-18-23(19-31(40)38-26)39-13-15-42-16-14-39;1-18-4-2-6-22(31-18)24(17-30)32-19-8-9-25-27(14-19)37-26-7-3-5-21(29(26)38-25)23-15-20(16-28(35)33-23)34-10-12-36-13-11-34;22-13-4-5-17-19(10-13)27-18-3-1-2-15(21(18)28-17)16-11-14(12-20(25)23-16)24-6-8-26-9-7-24/h5-12,17-19,27,37H,13-16,20H2,1-4H3,(H,35,41)(H,38,40);2-9,14-16,24,32H,10-13,17,30H2,1H3,(H,33,35);1-5,10-12H,6-9,22H2,(H,23,25). The molecule has 0 spiro atoms. The number of aromatic amines is 3. The lowest BCUT2D eigenvalue weighted by Crippen LogP contribution is -2.36. The Labute approximate surface area is 669 Å². The van der Waals surface area contributed by atoms with E-state index in [1.165, 1.54) is 34.3 Å². The number of amides is 1. The molecule has 2 unspecified atom stereocenters. The van der Waals surface area contributed by atoms with Gasteiger partial charge in [0.05, 0.1) is 80.2 Å². The van der Waals surface area contributed by atoms with Gasteiger partial charge < -0.3 is 76.0 Å². The smallest absolute Gasteiger partial charge is 0.407 e. The van der Waals surface area contributed by atoms with Crippen LogP contribution >= 0.6 is 70.6 Å². The molecule has 10 N–H and O–H groups in total. The zero-order valence-electron chi connectivity index (χ0n) is 62.0. The number of nitrogens with zero attached hydrogens (tertiary/aromatic N) is 5. The Balaban J connectivity index is 0.000000135. The van der Waals surface area contributed by atoms with Gasteiger partial charge in [0.25, 0.3) is 0 Å². The second-order valence-electron chi connectivity index (χ2n) is 28.1. The molecule has 1 amide bonds. The summed E-state index contributed by atoms with van der Waals surface area (Å²) in [4.78, 5) is 89.3. The van der Waals surface area contributed by atoms with Gasteiger partial charge in [-0.15, -0.1) is 0 Å². The van der Waals surface area contributed by atoms with Crippen LogP contribution in [-0.2, 0) is 18.9 Å². The molecule has 11 heterocycles.